The van der Waals surface area contributed by atoms with Gasteiger partial charge in [0.05, 0.1) is 0 Å². The Hall–Kier alpha value is -1.76. The van der Waals surface area contributed by atoms with E-state index >= 15 is 0 Å². The lowest BCUT2D eigenvalue weighted by Crippen LogP contribution is -2.05. The van der Waals surface area contributed by atoms with Crippen molar-refractivity contribution in [3.8, 4) is 16.9 Å². The number of rotatable bonds is 0. The van der Waals surface area contributed by atoms with Crippen LogP contribution in [0.2, 0.25) is 0 Å². The first-order chi connectivity index (χ1) is 8.74. The Labute approximate surface area is 109 Å². The summed E-state index contributed by atoms with van der Waals surface area (Å²) in [5, 5.41) is 0. The van der Waals surface area contributed by atoms with Crippen LogP contribution in [-0.4, -0.2) is 0 Å². The van der Waals surface area contributed by atoms with E-state index < -0.39 is 0 Å². The van der Waals surface area contributed by atoms with Crippen LogP contribution >= 0.6 is 0 Å². The minimum atomic E-state index is 0.688. The van der Waals surface area contributed by atoms with Gasteiger partial charge in [-0.05, 0) is 36.6 Å². The van der Waals surface area contributed by atoms with Crippen molar-refractivity contribution < 1.29 is 4.74 Å². The molecule has 2 aromatic rings. The topological polar surface area (TPSA) is 9.23 Å². The molecule has 1 aliphatic rings. The summed E-state index contributed by atoms with van der Waals surface area (Å²) < 4.78 is 5.79. The van der Waals surface area contributed by atoms with Gasteiger partial charge in [-0.3, -0.25) is 0 Å². The molecule has 0 spiro atoms. The third kappa shape index (κ3) is 2.26. The molecule has 0 amide bonds. The molecule has 0 N–H and O–H groups in total. The normalized spacial score (nSPS) is 11.6. The van der Waals surface area contributed by atoms with Crippen LogP contribution in [-0.2, 0) is 6.61 Å². The van der Waals surface area contributed by atoms with Gasteiger partial charge >= 0.3 is 0 Å². The first-order valence-corrected chi connectivity index (χ1v) is 6.57. The Kier molecular flexibility index (Phi) is 3.71. The van der Waals surface area contributed by atoms with Crippen molar-refractivity contribution in [2.75, 3.05) is 0 Å². The molecule has 0 aliphatic carbocycles. The Morgan fingerprint density at radius 3 is 2.17 bits per heavy atom. The number of hydrogen-bond acceptors (Lipinski definition) is 1. The molecule has 94 valence electrons. The molecule has 0 aromatic heterocycles. The van der Waals surface area contributed by atoms with Crippen molar-refractivity contribution in [1.29, 1.82) is 0 Å². The lowest BCUT2D eigenvalue weighted by molar-refractivity contribution is 0.302. The number of fused-ring (bicyclic) bond motifs is 3. The molecule has 3 rings (SSSR count). The van der Waals surface area contributed by atoms with Gasteiger partial charge in [0.15, 0.2) is 0 Å². The van der Waals surface area contributed by atoms with Crippen molar-refractivity contribution in [3.05, 3.63) is 53.1 Å². The van der Waals surface area contributed by atoms with E-state index in [9.17, 15) is 0 Å². The summed E-state index contributed by atoms with van der Waals surface area (Å²) in [6, 6.07) is 13.0. The molecule has 0 unspecified atom stereocenters. The van der Waals surface area contributed by atoms with Crippen molar-refractivity contribution in [2.24, 2.45) is 0 Å². The predicted molar refractivity (Wildman–Crippen MR) is 77.0 cm³/mol. The number of ether oxygens (including phenoxy) is 1. The maximum absolute atomic E-state index is 5.79. The van der Waals surface area contributed by atoms with Crippen molar-refractivity contribution in [2.45, 2.75) is 34.3 Å². The fourth-order valence-electron chi connectivity index (χ4n) is 2.23. The van der Waals surface area contributed by atoms with Crippen LogP contribution in [0.4, 0.5) is 0 Å². The second kappa shape index (κ2) is 5.26. The van der Waals surface area contributed by atoms with Gasteiger partial charge in [-0.1, -0.05) is 49.7 Å². The Morgan fingerprint density at radius 2 is 1.44 bits per heavy atom. The van der Waals surface area contributed by atoms with Crippen LogP contribution in [0.3, 0.4) is 0 Å². The van der Waals surface area contributed by atoms with Crippen molar-refractivity contribution in [3.63, 3.8) is 0 Å². The smallest absolute Gasteiger partial charge is 0.127 e. The van der Waals surface area contributed by atoms with E-state index in [0.29, 0.717) is 6.61 Å². The van der Waals surface area contributed by atoms with E-state index in [-0.39, 0.29) is 0 Å². The average molecular weight is 240 g/mol. The summed E-state index contributed by atoms with van der Waals surface area (Å²) in [4.78, 5) is 0. The monoisotopic (exact) mass is 240 g/mol. The molecule has 0 bridgehead atoms. The summed E-state index contributed by atoms with van der Waals surface area (Å²) in [6.07, 6.45) is 0. The summed E-state index contributed by atoms with van der Waals surface area (Å²) in [5.74, 6) is 1.01. The second-order valence-electron chi connectivity index (χ2n) is 4.45. The van der Waals surface area contributed by atoms with Crippen LogP contribution in [0, 0.1) is 13.8 Å². The van der Waals surface area contributed by atoms with Gasteiger partial charge in [0.25, 0.3) is 0 Å². The molecular weight excluding hydrogens is 220 g/mol. The van der Waals surface area contributed by atoms with Gasteiger partial charge in [-0.15, -0.1) is 0 Å². The largest absolute Gasteiger partial charge is 0.488 e. The van der Waals surface area contributed by atoms with Crippen LogP contribution in [0.25, 0.3) is 11.1 Å². The van der Waals surface area contributed by atoms with E-state index in [0.717, 1.165) is 5.75 Å². The third-order valence-electron chi connectivity index (χ3n) is 3.07. The number of benzene rings is 2. The molecule has 1 aliphatic heterocycles. The molecule has 18 heavy (non-hydrogen) atoms. The zero-order chi connectivity index (χ0) is 13.1. The third-order valence-corrected chi connectivity index (χ3v) is 3.07. The number of hydrogen-bond donors (Lipinski definition) is 0. The highest BCUT2D eigenvalue weighted by Gasteiger charge is 2.16. The molecule has 0 atom stereocenters. The second-order valence-corrected chi connectivity index (χ2v) is 4.45. The van der Waals surface area contributed by atoms with Crippen LogP contribution in [0.1, 0.15) is 30.5 Å². The Morgan fingerprint density at radius 1 is 0.833 bits per heavy atom. The average Bonchev–Trinajstić information content (AvgIpc) is 2.40. The van der Waals surface area contributed by atoms with Crippen molar-refractivity contribution >= 4 is 0 Å². The molecule has 0 fully saturated rings. The van der Waals surface area contributed by atoms with Gasteiger partial charge in [0, 0.05) is 5.56 Å². The summed E-state index contributed by atoms with van der Waals surface area (Å²) >= 11 is 0. The minimum absolute atomic E-state index is 0.688. The van der Waals surface area contributed by atoms with E-state index in [4.69, 9.17) is 4.74 Å². The standard InChI is InChI=1S/C15H14O.C2H6/c1-10-3-5-13-12(7-10)9-16-15-8-11(2)4-6-14(13)15;1-2/h3-8H,9H2,1-2H3;1-2H3. The van der Waals surface area contributed by atoms with Gasteiger partial charge in [-0.2, -0.15) is 0 Å². The van der Waals surface area contributed by atoms with Gasteiger partial charge in [0.2, 0.25) is 0 Å². The Bertz CT molecular complexity index is 504. The molecule has 1 nitrogen and oxygen atoms in total. The van der Waals surface area contributed by atoms with E-state index in [1.807, 2.05) is 13.8 Å². The lowest BCUT2D eigenvalue weighted by Gasteiger charge is -2.21. The molecule has 0 radical (unpaired) electrons. The van der Waals surface area contributed by atoms with Crippen LogP contribution < -0.4 is 4.74 Å². The highest BCUT2D eigenvalue weighted by Crippen LogP contribution is 2.38. The van der Waals surface area contributed by atoms with E-state index in [1.54, 1.807) is 0 Å². The highest BCUT2D eigenvalue weighted by atomic mass is 16.5. The predicted octanol–water partition coefficient (Wildman–Crippen LogP) is 4.89. The fourth-order valence-corrected chi connectivity index (χ4v) is 2.23. The fraction of sp³-hybridized carbons (Fsp3) is 0.294. The number of aryl methyl sites for hydroxylation is 2. The SMILES string of the molecule is CC.Cc1ccc2c(c1)COc1cc(C)ccc1-2. The van der Waals surface area contributed by atoms with Gasteiger partial charge in [0.1, 0.15) is 12.4 Å². The molecule has 2 aromatic carbocycles. The van der Waals surface area contributed by atoms with Crippen LogP contribution in [0.5, 0.6) is 5.75 Å². The molecule has 1 heterocycles. The minimum Gasteiger partial charge on any atom is -0.488 e. The van der Waals surface area contributed by atoms with Crippen LogP contribution in [0.15, 0.2) is 36.4 Å². The lowest BCUT2D eigenvalue weighted by atomic mass is 9.95. The Balaban J connectivity index is 0.000000574. The maximum atomic E-state index is 5.79. The maximum Gasteiger partial charge on any atom is 0.127 e. The van der Waals surface area contributed by atoms with Gasteiger partial charge in [-0.25, -0.2) is 0 Å². The summed E-state index contributed by atoms with van der Waals surface area (Å²) in [7, 11) is 0. The molecular formula is C17H20O. The summed E-state index contributed by atoms with van der Waals surface area (Å²) in [5.41, 5.74) is 6.35. The molecule has 0 saturated carbocycles. The molecule has 1 heteroatoms. The summed E-state index contributed by atoms with van der Waals surface area (Å²) in [6.45, 7) is 8.90. The van der Waals surface area contributed by atoms with E-state index in [1.165, 1.54) is 27.8 Å². The van der Waals surface area contributed by atoms with Crippen molar-refractivity contribution in [1.82, 2.24) is 0 Å². The highest BCUT2D eigenvalue weighted by molar-refractivity contribution is 5.75. The van der Waals surface area contributed by atoms with Gasteiger partial charge < -0.3 is 4.74 Å². The first kappa shape index (κ1) is 12.7. The van der Waals surface area contributed by atoms with E-state index in [2.05, 4.69) is 50.2 Å². The zero-order valence-electron chi connectivity index (χ0n) is 11.6. The molecule has 0 saturated heterocycles. The quantitative estimate of drug-likeness (QED) is 0.637. The first-order valence-electron chi connectivity index (χ1n) is 6.57. The zero-order valence-corrected chi connectivity index (χ0v) is 11.6.